The highest BCUT2D eigenvalue weighted by atomic mass is 127. The fraction of sp³-hybridized carbons (Fsp3) is 0. The van der Waals surface area contributed by atoms with Crippen LogP contribution in [-0.2, 0) is 0 Å². The molecule has 0 unspecified atom stereocenters. The van der Waals surface area contributed by atoms with Gasteiger partial charge in [-0.15, -0.1) is 48.0 Å². The normalized spacial score (nSPS) is 10.5. The monoisotopic (exact) mass is 766 g/mol. The first-order chi connectivity index (χ1) is 19.9. The molecule has 2 aromatic heterocycles. The number of nitrogens with zero attached hydrogens (tertiary/aromatic N) is 2. The molecule has 0 saturated carbocycles. The van der Waals surface area contributed by atoms with E-state index in [-0.39, 0.29) is 48.0 Å². The predicted octanol–water partition coefficient (Wildman–Crippen LogP) is 11.3. The highest BCUT2D eigenvalue weighted by Gasteiger charge is 2.10. The lowest BCUT2D eigenvalue weighted by molar-refractivity contribution is 1.43. The van der Waals surface area contributed by atoms with Gasteiger partial charge >= 0.3 is 0 Å². The van der Waals surface area contributed by atoms with Crippen LogP contribution in [-0.4, -0.2) is 9.97 Å². The second kappa shape index (κ2) is 13.4. The largest absolute Gasteiger partial charge is 0.247 e. The van der Waals surface area contributed by atoms with Crippen LogP contribution in [0.25, 0.3) is 65.9 Å². The Morgan fingerprint density at radius 2 is 0.548 bits per heavy atom. The number of hydrogen-bond acceptors (Lipinski definition) is 2. The molecule has 0 saturated heterocycles. The van der Waals surface area contributed by atoms with Gasteiger partial charge in [-0.3, -0.25) is 0 Å². The molecule has 2 heterocycles. The Labute approximate surface area is 279 Å². The second-order valence-corrected chi connectivity index (χ2v) is 9.78. The highest BCUT2D eigenvalue weighted by molar-refractivity contribution is 14.0. The third kappa shape index (κ3) is 5.74. The zero-order valence-corrected chi connectivity index (χ0v) is 27.4. The first-order valence-electron chi connectivity index (χ1n) is 13.5. The van der Waals surface area contributed by atoms with Crippen molar-refractivity contribution in [2.75, 3.05) is 0 Å². The molecule has 0 amide bonds. The van der Waals surface area contributed by atoms with Crippen molar-refractivity contribution in [1.82, 2.24) is 9.97 Å². The van der Waals surface area contributed by atoms with Crippen molar-refractivity contribution in [3.05, 3.63) is 158 Å². The Morgan fingerprint density at radius 1 is 0.262 bits per heavy atom. The van der Waals surface area contributed by atoms with Crippen molar-refractivity contribution < 1.29 is 0 Å². The lowest BCUT2D eigenvalue weighted by Gasteiger charge is -2.09. The van der Waals surface area contributed by atoms with E-state index in [4.69, 9.17) is 9.97 Å². The average Bonchev–Trinajstić information content (AvgIpc) is 3.05. The van der Waals surface area contributed by atoms with E-state index in [1.165, 1.54) is 32.3 Å². The van der Waals surface area contributed by atoms with Crippen molar-refractivity contribution in [1.29, 1.82) is 0 Å². The number of fused-ring (bicyclic) bond motifs is 6. The topological polar surface area (TPSA) is 25.8 Å². The number of para-hydroxylation sites is 2. The summed E-state index contributed by atoms with van der Waals surface area (Å²) in [4.78, 5) is 9.75. The molecule has 2 nitrogen and oxygen atoms in total. The maximum Gasteiger partial charge on any atom is 0.0788 e. The van der Waals surface area contributed by atoms with E-state index in [0.29, 0.717) is 0 Å². The first kappa shape index (κ1) is 29.6. The lowest BCUT2D eigenvalue weighted by Crippen LogP contribution is -1.88. The molecule has 0 aliphatic heterocycles. The minimum absolute atomic E-state index is 0. The lowest BCUT2D eigenvalue weighted by atomic mass is 10.0. The van der Waals surface area contributed by atoms with E-state index in [9.17, 15) is 0 Å². The molecular formula is C38H28I2N2. The van der Waals surface area contributed by atoms with Crippen LogP contribution >= 0.6 is 48.0 Å². The molecule has 8 rings (SSSR count). The van der Waals surface area contributed by atoms with Crippen LogP contribution < -0.4 is 0 Å². The summed E-state index contributed by atoms with van der Waals surface area (Å²) >= 11 is 0. The predicted molar refractivity (Wildman–Crippen MR) is 200 cm³/mol. The number of aromatic nitrogens is 2. The maximum atomic E-state index is 4.87. The summed E-state index contributed by atoms with van der Waals surface area (Å²) in [6.07, 6.45) is 0. The van der Waals surface area contributed by atoms with Crippen LogP contribution in [0.15, 0.2) is 158 Å². The molecule has 0 atom stereocenters. The van der Waals surface area contributed by atoms with Crippen LogP contribution in [0, 0.1) is 0 Å². The number of rotatable bonds is 2. The van der Waals surface area contributed by atoms with Gasteiger partial charge in [0.25, 0.3) is 0 Å². The Bertz CT molecular complexity index is 1960. The van der Waals surface area contributed by atoms with Crippen molar-refractivity contribution in [2.45, 2.75) is 0 Å². The van der Waals surface area contributed by atoms with Gasteiger partial charge in [0.05, 0.1) is 22.4 Å². The molecule has 42 heavy (non-hydrogen) atoms. The summed E-state index contributed by atoms with van der Waals surface area (Å²) < 4.78 is 0. The molecule has 0 bridgehead atoms. The molecule has 0 N–H and O–H groups in total. The minimum atomic E-state index is 0. The zero-order chi connectivity index (χ0) is 26.7. The Morgan fingerprint density at radius 3 is 0.929 bits per heavy atom. The van der Waals surface area contributed by atoms with E-state index < -0.39 is 0 Å². The summed E-state index contributed by atoms with van der Waals surface area (Å²) in [6.45, 7) is 0. The van der Waals surface area contributed by atoms with Gasteiger partial charge in [0.1, 0.15) is 0 Å². The van der Waals surface area contributed by atoms with E-state index in [1.807, 2.05) is 24.3 Å². The van der Waals surface area contributed by atoms with Crippen LogP contribution in [0.3, 0.4) is 0 Å². The molecular weight excluding hydrogens is 738 g/mol. The van der Waals surface area contributed by atoms with Gasteiger partial charge in [-0.1, -0.05) is 146 Å². The fourth-order valence-corrected chi connectivity index (χ4v) is 5.44. The van der Waals surface area contributed by atoms with Crippen molar-refractivity contribution in [3.8, 4) is 22.5 Å². The zero-order valence-electron chi connectivity index (χ0n) is 22.7. The first-order valence-corrected chi connectivity index (χ1v) is 13.5. The van der Waals surface area contributed by atoms with Gasteiger partial charge in [-0.25, -0.2) is 9.97 Å². The summed E-state index contributed by atoms with van der Waals surface area (Å²) in [5, 5.41) is 7.36. The van der Waals surface area contributed by atoms with Crippen LogP contribution in [0.5, 0.6) is 0 Å². The van der Waals surface area contributed by atoms with Crippen LogP contribution in [0.4, 0.5) is 0 Å². The summed E-state index contributed by atoms with van der Waals surface area (Å²) in [5.74, 6) is 0. The third-order valence-electron chi connectivity index (χ3n) is 7.31. The molecule has 8 aromatic rings. The molecule has 0 aliphatic carbocycles. The maximum absolute atomic E-state index is 4.87. The molecule has 0 radical (unpaired) electrons. The van der Waals surface area contributed by atoms with E-state index in [2.05, 4.69) is 133 Å². The number of pyridine rings is 2. The number of hydrogen-bond donors (Lipinski definition) is 0. The van der Waals surface area contributed by atoms with Crippen LogP contribution in [0.2, 0.25) is 0 Å². The average molecular weight is 766 g/mol. The molecule has 4 heteroatoms. The molecule has 204 valence electrons. The van der Waals surface area contributed by atoms with E-state index >= 15 is 0 Å². The highest BCUT2D eigenvalue weighted by Crippen LogP contribution is 2.33. The summed E-state index contributed by atoms with van der Waals surface area (Å²) in [5.41, 5.74) is 6.53. The second-order valence-electron chi connectivity index (χ2n) is 9.78. The van der Waals surface area contributed by atoms with Crippen molar-refractivity contribution in [3.63, 3.8) is 0 Å². The van der Waals surface area contributed by atoms with Gasteiger partial charge in [-0.2, -0.15) is 0 Å². The quantitative estimate of drug-likeness (QED) is 0.129. The number of benzene rings is 6. The van der Waals surface area contributed by atoms with Gasteiger partial charge in [0.2, 0.25) is 0 Å². The Hall–Kier alpha value is -3.88. The third-order valence-corrected chi connectivity index (χ3v) is 7.31. The fourth-order valence-electron chi connectivity index (χ4n) is 5.44. The molecule has 0 spiro atoms. The summed E-state index contributed by atoms with van der Waals surface area (Å²) in [6, 6.07) is 54.4. The van der Waals surface area contributed by atoms with Gasteiger partial charge in [-0.05, 0) is 22.9 Å². The van der Waals surface area contributed by atoms with Gasteiger partial charge in [0, 0.05) is 32.7 Å². The summed E-state index contributed by atoms with van der Waals surface area (Å²) in [7, 11) is 0. The Kier molecular flexibility index (Phi) is 9.45. The SMILES string of the molecule is I.I.c1ccc(-c2nc3ccccc3c3ccccc23)cc1.c1ccc(-c2nc3ccccc3c3ccccc23)cc1. The molecule has 0 fully saturated rings. The van der Waals surface area contributed by atoms with Gasteiger partial charge in [0.15, 0.2) is 0 Å². The van der Waals surface area contributed by atoms with E-state index in [1.54, 1.807) is 0 Å². The standard InChI is InChI=1S/2C19H13N.2HI/c2*1-2-8-14(9-3-1)19-17-12-5-4-10-15(17)16-11-6-7-13-18(16)20-19;;/h2*1-13H;2*1H. The van der Waals surface area contributed by atoms with E-state index in [0.717, 1.165) is 33.5 Å². The Balaban J connectivity index is 0.000000160. The van der Waals surface area contributed by atoms with Crippen molar-refractivity contribution >= 4 is 91.3 Å². The number of halogens is 2. The van der Waals surface area contributed by atoms with Crippen LogP contribution in [0.1, 0.15) is 0 Å². The van der Waals surface area contributed by atoms with Gasteiger partial charge < -0.3 is 0 Å². The minimum Gasteiger partial charge on any atom is -0.247 e. The smallest absolute Gasteiger partial charge is 0.0788 e. The molecule has 6 aromatic carbocycles. The van der Waals surface area contributed by atoms with Crippen molar-refractivity contribution in [2.24, 2.45) is 0 Å². The molecule has 0 aliphatic rings.